The largest absolute Gasteiger partial charge is 1.00 e. The maximum Gasteiger partial charge on any atom is 1.00 e. The first kappa shape index (κ1) is 112. The van der Waals surface area contributed by atoms with Crippen LogP contribution >= 0.6 is 54.8 Å². The Morgan fingerprint density at radius 1 is 0.273 bits per heavy atom. The summed E-state index contributed by atoms with van der Waals surface area (Å²) in [7, 11) is 16.3. The summed E-state index contributed by atoms with van der Waals surface area (Å²) in [5, 5.41) is 13.1. The predicted molar refractivity (Wildman–Crippen MR) is 608 cm³/mol. The van der Waals surface area contributed by atoms with Crippen molar-refractivity contribution in [2.24, 2.45) is 0 Å². The number of pyridine rings is 7. The maximum atomic E-state index is 5.75. The minimum Gasteiger partial charge on any atom is 1.00 e. The molecule has 682 valence electrons. The Kier molecular flexibility index (Phi) is 48.3. The average molecular weight is 2090 g/mol. The number of allylic oxidation sites excluding steroid dienone is 24. The zero-order valence-electron chi connectivity index (χ0n) is 81.8. The van der Waals surface area contributed by atoms with Gasteiger partial charge in [-0.25, -0.2) is 0 Å². The number of benzene rings is 1. The molecule has 0 spiro atoms. The van der Waals surface area contributed by atoms with Crippen LogP contribution in [0.15, 0.2) is 453 Å². The molecule has 139 heavy (non-hydrogen) atoms. The standard InChI is InChI=1S/2C15H17B2N3.2C13H13B2N3.C10H10BBrN2.C10H10BN2.C7H7.2C5H7BClN.C5H3BrN.3CH3.2Li.Sn/c2*1-19-12-5-3-10-16(19)14-8-7-9-15(18-14)17-11-4-6-13-20(17)2;2*1-3-10-16-14(8-1)12-6-5-7-13(18-12)15-9-2-4-11-17-15;1-14-8-3-2-7-11(14)9-5-4-6-10(12)13-9;1-13-9-5-3-7-11(13)10-6-2-4-8-12-10;1-7-5-3-2-4-6-7;2*1-8-5-3-2-4-6(8)7;6-5-3-1-2-4-7-5;;;;;;/h2*3-13H,1-2H3;2*1-11,16-17H;2-8H,1H3;2-7,9H,1H3;2-3,5-6H,1H3;2*2-5H,1H3;1-3H;3*1H3;;;/q;;;;;-1;;;;-1;;;;2*+1;. The van der Waals surface area contributed by atoms with Gasteiger partial charge in [0.05, 0.1) is 0 Å². The van der Waals surface area contributed by atoms with E-state index in [-0.39, 0.29) is 119 Å². The minimum atomic E-state index is -1.76. The van der Waals surface area contributed by atoms with E-state index >= 15 is 0 Å². The van der Waals surface area contributed by atoms with Crippen LogP contribution < -0.4 is 118 Å². The van der Waals surface area contributed by atoms with E-state index < -0.39 is 18.4 Å². The molecule has 0 saturated heterocycles. The van der Waals surface area contributed by atoms with Crippen molar-refractivity contribution >= 4 is 214 Å². The molecule has 0 unspecified atom stereocenters. The van der Waals surface area contributed by atoms with Crippen molar-refractivity contribution < 1.29 is 37.7 Å². The summed E-state index contributed by atoms with van der Waals surface area (Å²) in [6.07, 6.45) is 78.2. The van der Waals surface area contributed by atoms with Gasteiger partial charge in [-0.3, -0.25) is 24.9 Å². The van der Waals surface area contributed by atoms with Gasteiger partial charge in [-0.1, -0.05) is 193 Å². The first-order valence-electron chi connectivity index (χ1n) is 45.6. The molecule has 12 aliphatic rings. The first-order chi connectivity index (χ1) is 66.5. The smallest absolute Gasteiger partial charge is 1.00 e. The third-order valence-electron chi connectivity index (χ3n) is 22.4. The Balaban J connectivity index is 0.000000175. The SMILES string of the molecule is Brc1ccc[c-]n1.C1=CNB(c2cccc(B3C=CC=CN3)n2)C=C1.C1=CNB(c2cccc(B3C=CC=CN3)n2)C=C1.CN1C=CC=CB1Cl.CN1C=CC=CB1Cl.CN1C=CC=CB1c1ccc[c-]n1.CN1C=CC=CB1c1cccc(B2C=CC=CN2C)n1.CN1C=CC=CB1c1cccc(B2C=CC=CN2C)n1.CN1C=CC=CB1c1cccc(Br)n1.Cc1ccc[c]([Sn]([CH3])([CH3])[CH3])c1.[Li+].[Li+]. The number of aromatic nitrogens is 7. The van der Waals surface area contributed by atoms with E-state index in [0.717, 1.165) is 65.1 Å². The molecule has 0 radical (unpaired) electrons. The van der Waals surface area contributed by atoms with Gasteiger partial charge in [-0.2, -0.15) is 53.3 Å². The summed E-state index contributed by atoms with van der Waals surface area (Å²) in [5.74, 6) is 25.2. The molecule has 8 aromatic rings. The molecule has 20 rings (SSSR count). The summed E-state index contributed by atoms with van der Waals surface area (Å²) in [6.45, 7) is 4.19. The molecule has 4 N–H and O–H groups in total. The van der Waals surface area contributed by atoms with E-state index in [0.29, 0.717) is 0 Å². The average Bonchev–Trinajstić information content (AvgIpc) is 0.814. The fourth-order valence-electron chi connectivity index (χ4n) is 14.7. The Bertz CT molecular complexity index is 5540. The predicted octanol–water partition coefficient (Wildman–Crippen LogP) is 3.94. The quantitative estimate of drug-likeness (QED) is 0.0836. The van der Waals surface area contributed by atoms with Crippen molar-refractivity contribution in [1.82, 2.24) is 94.3 Å². The van der Waals surface area contributed by atoms with Crippen LogP contribution in [0.3, 0.4) is 0 Å². The van der Waals surface area contributed by atoms with Gasteiger partial charge in [0, 0.05) is 50.3 Å². The Labute approximate surface area is 886 Å². The second-order valence-electron chi connectivity index (χ2n) is 33.8. The van der Waals surface area contributed by atoms with Crippen LogP contribution in [-0.2, 0) is 0 Å². The van der Waals surface area contributed by atoms with Crippen molar-refractivity contribution in [3.05, 3.63) is 471 Å². The number of hydrogen-bond donors (Lipinski definition) is 4. The topological polar surface area (TPSA) is 164 Å². The summed E-state index contributed by atoms with van der Waals surface area (Å²) < 4.78 is 3.33. The first-order valence-corrected chi connectivity index (χ1v) is 58.1. The van der Waals surface area contributed by atoms with Crippen LogP contribution in [0.25, 0.3) is 0 Å². The van der Waals surface area contributed by atoms with Gasteiger partial charge in [0.15, 0.2) is 0 Å². The molecule has 0 bridgehead atoms. The third kappa shape index (κ3) is 37.2. The minimum absolute atomic E-state index is 0. The molecule has 38 heteroatoms. The van der Waals surface area contributed by atoms with Crippen LogP contribution in [0.2, 0.25) is 14.8 Å². The second kappa shape index (κ2) is 60.2. The molecule has 0 atom stereocenters. The van der Waals surface area contributed by atoms with E-state index in [1.54, 1.807) is 9.65 Å². The van der Waals surface area contributed by atoms with Crippen LogP contribution in [0.5, 0.6) is 0 Å². The van der Waals surface area contributed by atoms with E-state index in [4.69, 9.17) is 42.9 Å². The molecule has 0 fully saturated rings. The molecule has 19 nitrogen and oxygen atoms in total. The summed E-state index contributed by atoms with van der Waals surface area (Å²) in [4.78, 5) is 55.7. The zero-order valence-corrected chi connectivity index (χ0v) is 89.3. The number of aryl methyl sites for hydroxylation is 1. The Morgan fingerprint density at radius 2 is 0.525 bits per heavy atom. The van der Waals surface area contributed by atoms with Gasteiger partial charge in [0.2, 0.25) is 0 Å². The van der Waals surface area contributed by atoms with Gasteiger partial charge in [0.1, 0.15) is 4.60 Å². The van der Waals surface area contributed by atoms with Crippen molar-refractivity contribution in [1.29, 1.82) is 0 Å². The number of halogens is 4. The van der Waals surface area contributed by atoms with Crippen LogP contribution in [0.1, 0.15) is 5.56 Å². The molecule has 19 heterocycles. The number of nitrogens with zero attached hydrogens (tertiary/aromatic N) is 15. The van der Waals surface area contributed by atoms with Gasteiger partial charge < -0.3 is 69.4 Å². The molecular formula is C101H113B12Br2Cl2Li2N19Sn. The second-order valence-corrected chi connectivity index (χ2v) is 50.8. The van der Waals surface area contributed by atoms with Gasteiger partial charge >= 0.3 is 185 Å². The summed E-state index contributed by atoms with van der Waals surface area (Å²) in [5.41, 5.74) is 12.0. The molecule has 1 aromatic carbocycles. The van der Waals surface area contributed by atoms with E-state index in [1.165, 1.54) is 5.56 Å². The number of nitrogens with one attached hydrogen (secondary N) is 4. The Hall–Kier alpha value is -11.1. The molecule has 0 amide bonds. The number of rotatable bonds is 11. The monoisotopic (exact) mass is 2090 g/mol. The van der Waals surface area contributed by atoms with Crippen LogP contribution in [0.4, 0.5) is 0 Å². The molecule has 0 aliphatic carbocycles. The number of hydrogen-bond acceptors (Lipinski definition) is 19. The molecular weight excluding hydrogens is 1970 g/mol. The van der Waals surface area contributed by atoms with Gasteiger partial charge in [-0.15, -0.1) is 22.0 Å². The fraction of sp³-hybridized carbons (Fsp3) is 0.119. The van der Waals surface area contributed by atoms with Crippen LogP contribution in [0, 0.1) is 19.3 Å². The maximum absolute atomic E-state index is 5.75. The molecule has 7 aromatic heterocycles. The molecule has 0 saturated carbocycles. The van der Waals surface area contributed by atoms with Crippen molar-refractivity contribution in [3.63, 3.8) is 0 Å². The Morgan fingerprint density at radius 3 is 0.755 bits per heavy atom. The summed E-state index contributed by atoms with van der Waals surface area (Å²) in [6, 6.07) is 51.1. The van der Waals surface area contributed by atoms with Gasteiger partial charge in [0.25, 0.3) is 6.85 Å². The fourth-order valence-corrected chi connectivity index (χ4v) is 19.2. The zero-order chi connectivity index (χ0) is 96.9. The third-order valence-corrected chi connectivity index (χ3v) is 30.0. The normalized spacial score (nSPS) is 15.6. The van der Waals surface area contributed by atoms with E-state index in [1.807, 2.05) is 294 Å². The van der Waals surface area contributed by atoms with Crippen molar-refractivity contribution in [3.8, 4) is 0 Å². The summed E-state index contributed by atoms with van der Waals surface area (Å²) >= 11 is 16.3. The molecule has 12 aliphatic heterocycles. The van der Waals surface area contributed by atoms with Crippen molar-refractivity contribution in [2.75, 3.05) is 56.4 Å². The van der Waals surface area contributed by atoms with Gasteiger partial charge in [-0.05, 0) is 285 Å². The van der Waals surface area contributed by atoms with E-state index in [2.05, 4.69) is 341 Å². The van der Waals surface area contributed by atoms with E-state index in [9.17, 15) is 0 Å². The van der Waals surface area contributed by atoms with Crippen molar-refractivity contribution in [2.45, 2.75) is 21.7 Å². The van der Waals surface area contributed by atoms with Crippen LogP contribution in [-0.4, -0.2) is 229 Å².